The Hall–Kier alpha value is -1.47. The van der Waals surface area contributed by atoms with E-state index in [0.29, 0.717) is 5.56 Å². The summed E-state index contributed by atoms with van der Waals surface area (Å²) in [6.45, 7) is 1.95. The summed E-state index contributed by atoms with van der Waals surface area (Å²) < 4.78 is 0. The maximum absolute atomic E-state index is 11.0. The van der Waals surface area contributed by atoms with Crippen LogP contribution in [0.3, 0.4) is 0 Å². The first-order chi connectivity index (χ1) is 7.67. The number of rotatable bonds is 5. The summed E-state index contributed by atoms with van der Waals surface area (Å²) in [5, 5.41) is 8.51. The first-order valence-corrected chi connectivity index (χ1v) is 6.12. The molecule has 1 atom stereocenters. The lowest BCUT2D eigenvalue weighted by Gasteiger charge is -2.09. The minimum Gasteiger partial charge on any atom is -0.369 e. The van der Waals surface area contributed by atoms with Crippen LogP contribution in [-0.2, 0) is 10.5 Å². The van der Waals surface area contributed by atoms with Crippen molar-refractivity contribution in [2.24, 2.45) is 5.73 Å². The molecular formula is C12H14N2OS. The third-order valence-electron chi connectivity index (χ3n) is 2.22. The van der Waals surface area contributed by atoms with Gasteiger partial charge in [-0.05, 0) is 24.1 Å². The SMILES string of the molecule is CCC(SCc1ccc(C#N)cc1)C(N)=O. The number of amides is 1. The second-order valence-electron chi connectivity index (χ2n) is 3.42. The van der Waals surface area contributed by atoms with E-state index in [4.69, 9.17) is 11.0 Å². The predicted molar refractivity (Wildman–Crippen MR) is 65.7 cm³/mol. The van der Waals surface area contributed by atoms with Gasteiger partial charge in [-0.15, -0.1) is 11.8 Å². The highest BCUT2D eigenvalue weighted by Gasteiger charge is 2.12. The molecule has 1 aromatic rings. The van der Waals surface area contributed by atoms with Crippen molar-refractivity contribution in [1.82, 2.24) is 0 Å². The molecule has 0 bridgehead atoms. The van der Waals surface area contributed by atoms with Crippen molar-refractivity contribution < 1.29 is 4.79 Å². The molecule has 0 spiro atoms. The quantitative estimate of drug-likeness (QED) is 0.848. The molecule has 0 aliphatic heterocycles. The van der Waals surface area contributed by atoms with E-state index < -0.39 is 0 Å². The second kappa shape index (κ2) is 6.19. The zero-order valence-electron chi connectivity index (χ0n) is 9.14. The maximum Gasteiger partial charge on any atom is 0.230 e. The number of carbonyl (C=O) groups excluding carboxylic acids is 1. The molecule has 2 N–H and O–H groups in total. The summed E-state index contributed by atoms with van der Waals surface area (Å²) in [4.78, 5) is 11.0. The Morgan fingerprint density at radius 2 is 2.12 bits per heavy atom. The van der Waals surface area contributed by atoms with Gasteiger partial charge in [0.25, 0.3) is 0 Å². The third kappa shape index (κ3) is 3.59. The van der Waals surface area contributed by atoms with Gasteiger partial charge in [-0.1, -0.05) is 19.1 Å². The van der Waals surface area contributed by atoms with Gasteiger partial charge in [0.2, 0.25) is 5.91 Å². The number of carbonyl (C=O) groups is 1. The first-order valence-electron chi connectivity index (χ1n) is 5.07. The Morgan fingerprint density at radius 3 is 2.56 bits per heavy atom. The number of hydrogen-bond donors (Lipinski definition) is 1. The Kier molecular flexibility index (Phi) is 4.87. The lowest BCUT2D eigenvalue weighted by Crippen LogP contribution is -2.24. The molecule has 0 saturated heterocycles. The number of nitriles is 1. The molecule has 1 unspecified atom stereocenters. The molecule has 3 nitrogen and oxygen atoms in total. The minimum atomic E-state index is -0.263. The second-order valence-corrected chi connectivity index (χ2v) is 4.61. The van der Waals surface area contributed by atoms with Crippen LogP contribution in [0, 0.1) is 11.3 Å². The van der Waals surface area contributed by atoms with Crippen molar-refractivity contribution in [2.45, 2.75) is 24.3 Å². The molecule has 1 rings (SSSR count). The van der Waals surface area contributed by atoms with Crippen LogP contribution in [0.4, 0.5) is 0 Å². The monoisotopic (exact) mass is 234 g/mol. The summed E-state index contributed by atoms with van der Waals surface area (Å²) in [7, 11) is 0. The molecule has 84 valence electrons. The van der Waals surface area contributed by atoms with E-state index in [1.807, 2.05) is 19.1 Å². The van der Waals surface area contributed by atoms with E-state index in [1.54, 1.807) is 12.1 Å². The van der Waals surface area contributed by atoms with Crippen molar-refractivity contribution in [3.05, 3.63) is 35.4 Å². The van der Waals surface area contributed by atoms with Gasteiger partial charge >= 0.3 is 0 Å². The first kappa shape index (κ1) is 12.6. The van der Waals surface area contributed by atoms with Crippen molar-refractivity contribution in [1.29, 1.82) is 5.26 Å². The third-order valence-corrected chi connectivity index (χ3v) is 3.69. The molecular weight excluding hydrogens is 220 g/mol. The number of thioether (sulfide) groups is 1. The molecule has 16 heavy (non-hydrogen) atoms. The predicted octanol–water partition coefficient (Wildman–Crippen LogP) is 2.06. The van der Waals surface area contributed by atoms with Crippen molar-refractivity contribution >= 4 is 17.7 Å². The largest absolute Gasteiger partial charge is 0.369 e. The van der Waals surface area contributed by atoms with Crippen LogP contribution in [0.1, 0.15) is 24.5 Å². The number of primary amides is 1. The lowest BCUT2D eigenvalue weighted by molar-refractivity contribution is -0.117. The van der Waals surface area contributed by atoms with Crippen molar-refractivity contribution in [3.63, 3.8) is 0 Å². The zero-order chi connectivity index (χ0) is 12.0. The van der Waals surface area contributed by atoms with Crippen LogP contribution in [0.25, 0.3) is 0 Å². The van der Waals surface area contributed by atoms with Gasteiger partial charge in [0, 0.05) is 5.75 Å². The molecule has 1 aromatic carbocycles. The molecule has 0 saturated carbocycles. The van der Waals surface area contributed by atoms with E-state index in [1.165, 1.54) is 11.8 Å². The highest BCUT2D eigenvalue weighted by molar-refractivity contribution is 7.99. The normalized spacial score (nSPS) is 11.8. The Bertz CT molecular complexity index is 394. The van der Waals surface area contributed by atoms with E-state index in [-0.39, 0.29) is 11.2 Å². The molecule has 0 fully saturated rings. The number of nitrogens with two attached hydrogens (primary N) is 1. The fraction of sp³-hybridized carbons (Fsp3) is 0.333. The average Bonchev–Trinajstić information content (AvgIpc) is 2.30. The molecule has 0 radical (unpaired) electrons. The topological polar surface area (TPSA) is 66.9 Å². The van der Waals surface area contributed by atoms with Gasteiger partial charge in [0.05, 0.1) is 16.9 Å². The van der Waals surface area contributed by atoms with Crippen LogP contribution in [0.15, 0.2) is 24.3 Å². The molecule has 0 heterocycles. The number of nitrogens with zero attached hydrogens (tertiary/aromatic N) is 1. The van der Waals surface area contributed by atoms with Crippen LogP contribution in [0.2, 0.25) is 0 Å². The van der Waals surface area contributed by atoms with Gasteiger partial charge in [-0.25, -0.2) is 0 Å². The van der Waals surface area contributed by atoms with Crippen molar-refractivity contribution in [3.8, 4) is 6.07 Å². The molecule has 0 aliphatic rings. The Labute approximate surface area is 99.6 Å². The van der Waals surface area contributed by atoms with Gasteiger partial charge < -0.3 is 5.73 Å². The van der Waals surface area contributed by atoms with Crippen LogP contribution in [0.5, 0.6) is 0 Å². The number of benzene rings is 1. The Balaban J connectivity index is 2.54. The van der Waals surface area contributed by atoms with Gasteiger partial charge in [-0.2, -0.15) is 5.26 Å². The standard InChI is InChI=1S/C12H14N2OS/c1-2-11(12(14)15)16-8-10-5-3-9(7-13)4-6-10/h3-6,11H,2,8H2,1H3,(H2,14,15). The van der Waals surface area contributed by atoms with E-state index in [2.05, 4.69) is 6.07 Å². The van der Waals surface area contributed by atoms with Crippen molar-refractivity contribution in [2.75, 3.05) is 0 Å². The summed E-state index contributed by atoms with van der Waals surface area (Å²) in [5.74, 6) is 0.480. The highest BCUT2D eigenvalue weighted by atomic mass is 32.2. The fourth-order valence-electron chi connectivity index (χ4n) is 1.27. The van der Waals surface area contributed by atoms with Gasteiger partial charge in [0.1, 0.15) is 0 Å². The fourth-order valence-corrected chi connectivity index (χ4v) is 2.26. The van der Waals surface area contributed by atoms with E-state index in [9.17, 15) is 4.79 Å². The molecule has 0 aromatic heterocycles. The van der Waals surface area contributed by atoms with E-state index >= 15 is 0 Å². The Morgan fingerprint density at radius 1 is 1.50 bits per heavy atom. The summed E-state index contributed by atoms with van der Waals surface area (Å²) in [6.07, 6.45) is 0.746. The summed E-state index contributed by atoms with van der Waals surface area (Å²) in [5.41, 5.74) is 7.00. The average molecular weight is 234 g/mol. The van der Waals surface area contributed by atoms with Crippen LogP contribution >= 0.6 is 11.8 Å². The molecule has 1 amide bonds. The number of hydrogen-bond acceptors (Lipinski definition) is 3. The smallest absolute Gasteiger partial charge is 0.230 e. The van der Waals surface area contributed by atoms with Gasteiger partial charge in [-0.3, -0.25) is 4.79 Å². The molecule has 0 aliphatic carbocycles. The highest BCUT2D eigenvalue weighted by Crippen LogP contribution is 2.20. The van der Waals surface area contributed by atoms with E-state index in [0.717, 1.165) is 17.7 Å². The maximum atomic E-state index is 11.0. The van der Waals surface area contributed by atoms with Crippen LogP contribution < -0.4 is 5.73 Å². The molecule has 4 heteroatoms. The minimum absolute atomic E-state index is 0.129. The van der Waals surface area contributed by atoms with Crippen LogP contribution in [-0.4, -0.2) is 11.2 Å². The van der Waals surface area contributed by atoms with Gasteiger partial charge in [0.15, 0.2) is 0 Å². The summed E-state index contributed by atoms with van der Waals surface area (Å²) >= 11 is 1.54. The lowest BCUT2D eigenvalue weighted by atomic mass is 10.2. The summed E-state index contributed by atoms with van der Waals surface area (Å²) in [6, 6.07) is 9.43. The zero-order valence-corrected chi connectivity index (χ0v) is 9.96.